The Morgan fingerprint density at radius 3 is 2.81 bits per heavy atom. The third-order valence-corrected chi connectivity index (χ3v) is 7.35. The molecule has 1 amide bonds. The average Bonchev–Trinajstić information content (AvgIpc) is 3.37. The van der Waals surface area contributed by atoms with E-state index >= 15 is 0 Å². The van der Waals surface area contributed by atoms with Crippen LogP contribution in [0.15, 0.2) is 48.5 Å². The maximum Gasteiger partial charge on any atom is 0.229 e. The number of amides is 1. The van der Waals surface area contributed by atoms with E-state index in [-0.39, 0.29) is 11.8 Å². The minimum Gasteiger partial charge on any atom is -0.347 e. The Morgan fingerprint density at radius 2 is 2.00 bits per heavy atom. The lowest BCUT2D eigenvalue weighted by molar-refractivity contribution is -0.120. The molecule has 1 N–H and O–H groups in total. The molecule has 6 nitrogen and oxygen atoms in total. The van der Waals surface area contributed by atoms with Crippen molar-refractivity contribution < 1.29 is 4.79 Å². The Labute approximate surface area is 195 Å². The van der Waals surface area contributed by atoms with Crippen molar-refractivity contribution in [1.82, 2.24) is 14.8 Å². The van der Waals surface area contributed by atoms with Gasteiger partial charge in [0.15, 0.2) is 10.8 Å². The number of halogens is 1. The molecule has 164 valence electrons. The highest BCUT2D eigenvalue weighted by Gasteiger charge is 2.28. The summed E-state index contributed by atoms with van der Waals surface area (Å²) in [5, 5.41) is 9.32. The first-order valence-corrected chi connectivity index (χ1v) is 11.9. The minimum atomic E-state index is -0.0964. The zero-order valence-electron chi connectivity index (χ0n) is 18.0. The molecule has 2 aromatic heterocycles. The molecule has 32 heavy (non-hydrogen) atoms. The third-order valence-electron chi connectivity index (χ3n) is 5.90. The van der Waals surface area contributed by atoms with Crippen LogP contribution in [0.25, 0.3) is 16.0 Å². The Hall–Kier alpha value is -2.90. The topological polar surface area (TPSA) is 63.1 Å². The number of carbonyl (C=O) groups excluding carboxylic acids is 1. The van der Waals surface area contributed by atoms with Crippen LogP contribution in [0.1, 0.15) is 24.1 Å². The Morgan fingerprint density at radius 1 is 1.19 bits per heavy atom. The van der Waals surface area contributed by atoms with Gasteiger partial charge in [0, 0.05) is 23.8 Å². The molecule has 1 aliphatic rings. The van der Waals surface area contributed by atoms with E-state index in [1.54, 1.807) is 17.4 Å². The van der Waals surface area contributed by atoms with Crippen LogP contribution < -0.4 is 10.2 Å². The quantitative estimate of drug-likeness (QED) is 0.425. The Bertz CT molecular complexity index is 1280. The number of anilines is 2. The first kappa shape index (κ1) is 21.0. The summed E-state index contributed by atoms with van der Waals surface area (Å²) in [5.41, 5.74) is 4.61. The standard InChI is InChI=1S/C24H24ClN5OS/c1-15-10-11-18(25)13-20(15)26-23(31)17-7-6-12-29(14-17)24-27-22-21(32-24)16(2)28-30(22)19-8-4-3-5-9-19/h3-5,8-11,13,17H,6-7,12,14H2,1-2H3,(H,26,31). The highest BCUT2D eigenvalue weighted by Crippen LogP contribution is 2.34. The molecular weight excluding hydrogens is 442 g/mol. The molecule has 1 saturated heterocycles. The molecule has 3 heterocycles. The highest BCUT2D eigenvalue weighted by atomic mass is 35.5. The van der Waals surface area contributed by atoms with E-state index < -0.39 is 0 Å². The fourth-order valence-corrected chi connectivity index (χ4v) is 5.33. The van der Waals surface area contributed by atoms with Gasteiger partial charge in [-0.15, -0.1) is 0 Å². The summed E-state index contributed by atoms with van der Waals surface area (Å²) in [7, 11) is 0. The van der Waals surface area contributed by atoms with Crippen molar-refractivity contribution in [3.63, 3.8) is 0 Å². The number of thiazole rings is 1. The van der Waals surface area contributed by atoms with Crippen molar-refractivity contribution in [1.29, 1.82) is 0 Å². The minimum absolute atomic E-state index is 0.0350. The lowest BCUT2D eigenvalue weighted by Gasteiger charge is -2.31. The van der Waals surface area contributed by atoms with E-state index in [2.05, 4.69) is 15.3 Å². The Balaban J connectivity index is 1.37. The van der Waals surface area contributed by atoms with Crippen LogP contribution in [0.5, 0.6) is 0 Å². The number of fused-ring (bicyclic) bond motifs is 1. The van der Waals surface area contributed by atoms with Gasteiger partial charge in [-0.25, -0.2) is 4.68 Å². The van der Waals surface area contributed by atoms with Crippen LogP contribution in [0.3, 0.4) is 0 Å². The number of aromatic nitrogens is 3. The van der Waals surface area contributed by atoms with Crippen LogP contribution in [-0.2, 0) is 4.79 Å². The molecule has 0 spiro atoms. The molecule has 0 radical (unpaired) electrons. The van der Waals surface area contributed by atoms with Gasteiger partial charge in [0.1, 0.15) is 0 Å². The summed E-state index contributed by atoms with van der Waals surface area (Å²) in [6.45, 7) is 5.54. The Kier molecular flexibility index (Phi) is 5.61. The molecule has 4 aromatic rings. The van der Waals surface area contributed by atoms with Crippen LogP contribution in [0, 0.1) is 19.8 Å². The van der Waals surface area contributed by atoms with Gasteiger partial charge in [-0.3, -0.25) is 4.79 Å². The molecule has 1 atom stereocenters. The van der Waals surface area contributed by atoms with Crippen molar-refractivity contribution in [2.75, 3.05) is 23.3 Å². The van der Waals surface area contributed by atoms with Crippen molar-refractivity contribution in [3.05, 3.63) is 64.8 Å². The summed E-state index contributed by atoms with van der Waals surface area (Å²) < 4.78 is 2.99. The monoisotopic (exact) mass is 465 g/mol. The summed E-state index contributed by atoms with van der Waals surface area (Å²) in [6.07, 6.45) is 1.82. The van der Waals surface area contributed by atoms with E-state index in [1.165, 1.54) is 0 Å². The van der Waals surface area contributed by atoms with E-state index in [1.807, 2.05) is 61.0 Å². The fourth-order valence-electron chi connectivity index (χ4n) is 4.14. The van der Waals surface area contributed by atoms with Gasteiger partial charge in [0.25, 0.3) is 0 Å². The molecule has 0 aliphatic carbocycles. The summed E-state index contributed by atoms with van der Waals surface area (Å²) in [6, 6.07) is 15.6. The van der Waals surface area contributed by atoms with E-state index in [9.17, 15) is 4.79 Å². The second-order valence-corrected chi connectivity index (χ2v) is 9.63. The fraction of sp³-hybridized carbons (Fsp3) is 0.292. The smallest absolute Gasteiger partial charge is 0.229 e. The largest absolute Gasteiger partial charge is 0.347 e. The van der Waals surface area contributed by atoms with Crippen LogP contribution >= 0.6 is 22.9 Å². The number of benzene rings is 2. The molecule has 0 bridgehead atoms. The molecule has 8 heteroatoms. The maximum absolute atomic E-state index is 13.0. The van der Waals surface area contributed by atoms with Gasteiger partial charge in [-0.2, -0.15) is 10.1 Å². The highest BCUT2D eigenvalue weighted by molar-refractivity contribution is 7.22. The number of carbonyl (C=O) groups is 1. The van der Waals surface area contributed by atoms with Gasteiger partial charge in [0.05, 0.1) is 22.0 Å². The predicted octanol–water partition coefficient (Wildman–Crippen LogP) is 5.61. The first-order valence-electron chi connectivity index (χ1n) is 10.7. The zero-order valence-corrected chi connectivity index (χ0v) is 19.6. The number of rotatable bonds is 4. The molecule has 0 saturated carbocycles. The van der Waals surface area contributed by atoms with Gasteiger partial charge in [-0.05, 0) is 56.5 Å². The second-order valence-electron chi connectivity index (χ2n) is 8.22. The number of nitrogens with one attached hydrogen (secondary N) is 1. The first-order chi connectivity index (χ1) is 15.5. The number of nitrogens with zero attached hydrogens (tertiary/aromatic N) is 4. The van der Waals surface area contributed by atoms with Crippen molar-refractivity contribution in [3.8, 4) is 5.69 Å². The molecule has 1 unspecified atom stereocenters. The van der Waals surface area contributed by atoms with Crippen LogP contribution in [0.4, 0.5) is 10.8 Å². The van der Waals surface area contributed by atoms with Crippen molar-refractivity contribution in [2.45, 2.75) is 26.7 Å². The second kappa shape index (κ2) is 8.56. The lowest BCUT2D eigenvalue weighted by atomic mass is 9.97. The summed E-state index contributed by atoms with van der Waals surface area (Å²) >= 11 is 7.76. The lowest BCUT2D eigenvalue weighted by Crippen LogP contribution is -2.40. The van der Waals surface area contributed by atoms with Crippen LogP contribution in [-0.4, -0.2) is 33.8 Å². The molecule has 5 rings (SSSR count). The number of hydrogen-bond acceptors (Lipinski definition) is 5. The number of aryl methyl sites for hydroxylation is 2. The number of piperidine rings is 1. The van der Waals surface area contributed by atoms with Crippen LogP contribution in [0.2, 0.25) is 5.02 Å². The molecule has 1 fully saturated rings. The van der Waals surface area contributed by atoms with Crippen molar-refractivity contribution >= 4 is 50.0 Å². The zero-order chi connectivity index (χ0) is 22.2. The van der Waals surface area contributed by atoms with Crippen molar-refractivity contribution in [2.24, 2.45) is 5.92 Å². The number of hydrogen-bond donors (Lipinski definition) is 1. The molecular formula is C24H24ClN5OS. The van der Waals surface area contributed by atoms with Gasteiger partial charge in [0.2, 0.25) is 5.91 Å². The van der Waals surface area contributed by atoms with Gasteiger partial charge < -0.3 is 10.2 Å². The summed E-state index contributed by atoms with van der Waals surface area (Å²) in [5.74, 6) is -0.0614. The predicted molar refractivity (Wildman–Crippen MR) is 131 cm³/mol. The van der Waals surface area contributed by atoms with Gasteiger partial charge >= 0.3 is 0 Å². The third kappa shape index (κ3) is 3.98. The molecule has 1 aliphatic heterocycles. The maximum atomic E-state index is 13.0. The number of para-hydroxylation sites is 1. The molecule has 2 aromatic carbocycles. The van der Waals surface area contributed by atoms with E-state index in [0.717, 1.165) is 57.5 Å². The summed E-state index contributed by atoms with van der Waals surface area (Å²) in [4.78, 5) is 20.2. The van der Waals surface area contributed by atoms with Gasteiger partial charge in [-0.1, -0.05) is 47.2 Å². The normalized spacial score (nSPS) is 16.5. The van der Waals surface area contributed by atoms with E-state index in [4.69, 9.17) is 16.6 Å². The SMILES string of the molecule is Cc1ccc(Cl)cc1NC(=O)C1CCCN(c2nc3c(s2)c(C)nn3-c2ccccc2)C1. The van der Waals surface area contributed by atoms with E-state index in [0.29, 0.717) is 11.6 Å². The average molecular weight is 466 g/mol.